The normalized spacial score (nSPS) is 11.0. The van der Waals surface area contributed by atoms with E-state index in [1.807, 2.05) is 18.7 Å². The number of anilines is 1. The Morgan fingerprint density at radius 1 is 1.14 bits per heavy atom. The van der Waals surface area contributed by atoms with Gasteiger partial charge in [0.25, 0.3) is 11.6 Å². The summed E-state index contributed by atoms with van der Waals surface area (Å²) in [4.78, 5) is 37.0. The number of nitro groups is 1. The van der Waals surface area contributed by atoms with Crippen LogP contribution in [-0.2, 0) is 9.59 Å². The van der Waals surface area contributed by atoms with E-state index in [9.17, 15) is 19.7 Å². The molecule has 0 atom stereocenters. The molecule has 2 rings (SSSR count). The first-order valence-corrected chi connectivity index (χ1v) is 9.05. The molecule has 2 aromatic rings. The van der Waals surface area contributed by atoms with Gasteiger partial charge < -0.3 is 10.2 Å². The fourth-order valence-corrected chi connectivity index (χ4v) is 2.75. The summed E-state index contributed by atoms with van der Waals surface area (Å²) in [5.74, 6) is -1.64. The Hall–Kier alpha value is -3.19. The smallest absolute Gasteiger partial charge is 0.296 e. The summed E-state index contributed by atoms with van der Waals surface area (Å²) in [6, 6.07) is 12.4. The highest BCUT2D eigenvalue weighted by Gasteiger charge is 2.17. The predicted molar refractivity (Wildman–Crippen MR) is 109 cm³/mol. The zero-order chi connectivity index (χ0) is 20.7. The van der Waals surface area contributed by atoms with Crippen LogP contribution in [0, 0.1) is 10.1 Å². The number of halogens is 1. The molecule has 0 aromatic heterocycles. The summed E-state index contributed by atoms with van der Waals surface area (Å²) >= 11 is 5.93. The maximum atomic E-state index is 12.5. The van der Waals surface area contributed by atoms with Gasteiger partial charge in [-0.05, 0) is 37.6 Å². The fourth-order valence-electron chi connectivity index (χ4n) is 2.62. The number of carbonyl (C=O) groups excluding carboxylic acids is 2. The van der Waals surface area contributed by atoms with E-state index in [1.165, 1.54) is 30.3 Å². The van der Waals surface area contributed by atoms with Crippen molar-refractivity contribution in [1.29, 1.82) is 0 Å². The Morgan fingerprint density at radius 2 is 1.79 bits per heavy atom. The van der Waals surface area contributed by atoms with Crippen LogP contribution in [0.2, 0.25) is 5.02 Å². The third kappa shape index (κ3) is 5.40. The standard InChI is InChI=1S/C20H20ClN3O4/c1-3-23(4-2)18(14-8-10-15(21)11-9-14)13-19(25)20(26)22-16-6-5-7-17(12-16)24(27)28/h5-13H,3-4H2,1-2H3,(H,22,26). The number of nitro benzene ring substituents is 1. The Kier molecular flexibility index (Phi) is 7.28. The minimum Gasteiger partial charge on any atom is -0.371 e. The molecule has 0 fully saturated rings. The maximum absolute atomic E-state index is 12.5. The van der Waals surface area contributed by atoms with Crippen molar-refractivity contribution in [3.8, 4) is 0 Å². The van der Waals surface area contributed by atoms with E-state index in [1.54, 1.807) is 24.3 Å². The summed E-state index contributed by atoms with van der Waals surface area (Å²) in [5, 5.41) is 13.8. The van der Waals surface area contributed by atoms with Gasteiger partial charge in [-0.15, -0.1) is 0 Å². The molecule has 0 radical (unpaired) electrons. The molecule has 0 aliphatic carbocycles. The molecule has 146 valence electrons. The Bertz CT molecular complexity index is 906. The lowest BCUT2D eigenvalue weighted by Crippen LogP contribution is -2.25. The molecule has 1 amide bonds. The summed E-state index contributed by atoms with van der Waals surface area (Å²) in [7, 11) is 0. The first-order valence-electron chi connectivity index (χ1n) is 8.68. The quantitative estimate of drug-likeness (QED) is 0.310. The van der Waals surface area contributed by atoms with E-state index in [4.69, 9.17) is 11.6 Å². The highest BCUT2D eigenvalue weighted by molar-refractivity contribution is 6.45. The zero-order valence-corrected chi connectivity index (χ0v) is 16.3. The molecule has 28 heavy (non-hydrogen) atoms. The Labute approximate surface area is 167 Å². The number of hydrogen-bond acceptors (Lipinski definition) is 5. The number of benzene rings is 2. The molecule has 0 heterocycles. The second-order valence-corrected chi connectivity index (χ2v) is 6.27. The number of rotatable bonds is 8. The number of nitrogens with zero attached hydrogens (tertiary/aromatic N) is 2. The van der Waals surface area contributed by atoms with E-state index in [2.05, 4.69) is 5.32 Å². The van der Waals surface area contributed by atoms with Crippen LogP contribution >= 0.6 is 11.6 Å². The highest BCUT2D eigenvalue weighted by atomic mass is 35.5. The molecule has 8 heteroatoms. The predicted octanol–water partition coefficient (Wildman–Crippen LogP) is 4.14. The van der Waals surface area contributed by atoms with Crippen LogP contribution in [0.1, 0.15) is 19.4 Å². The molecule has 0 saturated carbocycles. The van der Waals surface area contributed by atoms with Crippen molar-refractivity contribution in [2.45, 2.75) is 13.8 Å². The highest BCUT2D eigenvalue weighted by Crippen LogP contribution is 2.22. The molecule has 0 saturated heterocycles. The van der Waals surface area contributed by atoms with Gasteiger partial charge in [0.05, 0.1) is 4.92 Å². The number of ketones is 1. The monoisotopic (exact) mass is 401 g/mol. The first-order chi connectivity index (χ1) is 13.3. The van der Waals surface area contributed by atoms with Gasteiger partial charge in [-0.3, -0.25) is 19.7 Å². The van der Waals surface area contributed by atoms with Gasteiger partial charge >= 0.3 is 0 Å². The van der Waals surface area contributed by atoms with Crippen LogP contribution in [0.4, 0.5) is 11.4 Å². The van der Waals surface area contributed by atoms with Crippen molar-refractivity contribution in [3.63, 3.8) is 0 Å². The van der Waals surface area contributed by atoms with Gasteiger partial charge in [-0.25, -0.2) is 0 Å². The lowest BCUT2D eigenvalue weighted by molar-refractivity contribution is -0.384. The van der Waals surface area contributed by atoms with Gasteiger partial charge in [0.15, 0.2) is 0 Å². The van der Waals surface area contributed by atoms with E-state index < -0.39 is 16.6 Å². The van der Waals surface area contributed by atoms with E-state index in [0.29, 0.717) is 23.8 Å². The number of amides is 1. The number of non-ortho nitro benzene ring substituents is 1. The summed E-state index contributed by atoms with van der Waals surface area (Å²) in [6.07, 6.45) is 1.27. The van der Waals surface area contributed by atoms with E-state index >= 15 is 0 Å². The van der Waals surface area contributed by atoms with Crippen molar-refractivity contribution < 1.29 is 14.5 Å². The molecule has 0 aliphatic rings. The molecule has 7 nitrogen and oxygen atoms in total. The molecular formula is C20H20ClN3O4. The average molecular weight is 402 g/mol. The second-order valence-electron chi connectivity index (χ2n) is 5.83. The van der Waals surface area contributed by atoms with Crippen LogP contribution in [0.5, 0.6) is 0 Å². The van der Waals surface area contributed by atoms with Crippen LogP contribution < -0.4 is 5.32 Å². The van der Waals surface area contributed by atoms with Crippen molar-refractivity contribution in [3.05, 3.63) is 75.3 Å². The minimum absolute atomic E-state index is 0.175. The van der Waals surface area contributed by atoms with Gasteiger partial charge in [-0.1, -0.05) is 29.8 Å². The molecule has 2 aromatic carbocycles. The van der Waals surface area contributed by atoms with Crippen LogP contribution in [0.3, 0.4) is 0 Å². The van der Waals surface area contributed by atoms with Crippen molar-refractivity contribution in [2.24, 2.45) is 0 Å². The summed E-state index contributed by atoms with van der Waals surface area (Å²) in [5.41, 5.74) is 1.35. The van der Waals surface area contributed by atoms with Gasteiger partial charge in [-0.2, -0.15) is 0 Å². The zero-order valence-electron chi connectivity index (χ0n) is 15.5. The molecule has 0 unspecified atom stereocenters. The third-order valence-electron chi connectivity index (χ3n) is 4.05. The van der Waals surface area contributed by atoms with Crippen LogP contribution in [0.15, 0.2) is 54.6 Å². The van der Waals surface area contributed by atoms with Crippen LogP contribution in [-0.4, -0.2) is 34.6 Å². The van der Waals surface area contributed by atoms with Gasteiger partial charge in [0, 0.05) is 47.7 Å². The lowest BCUT2D eigenvalue weighted by atomic mass is 10.1. The van der Waals surface area contributed by atoms with Gasteiger partial charge in [0.2, 0.25) is 5.78 Å². The lowest BCUT2D eigenvalue weighted by Gasteiger charge is -2.24. The fraction of sp³-hybridized carbons (Fsp3) is 0.200. The van der Waals surface area contributed by atoms with E-state index in [-0.39, 0.29) is 11.4 Å². The van der Waals surface area contributed by atoms with Crippen molar-refractivity contribution in [1.82, 2.24) is 4.90 Å². The largest absolute Gasteiger partial charge is 0.371 e. The van der Waals surface area contributed by atoms with Gasteiger partial charge in [0.1, 0.15) is 0 Å². The topological polar surface area (TPSA) is 92.6 Å². The number of hydrogen-bond donors (Lipinski definition) is 1. The maximum Gasteiger partial charge on any atom is 0.296 e. The van der Waals surface area contributed by atoms with Crippen molar-refractivity contribution >= 4 is 40.4 Å². The molecular weight excluding hydrogens is 382 g/mol. The van der Waals surface area contributed by atoms with Crippen LogP contribution in [0.25, 0.3) is 5.70 Å². The molecule has 0 aliphatic heterocycles. The van der Waals surface area contributed by atoms with Crippen molar-refractivity contribution in [2.75, 3.05) is 18.4 Å². The summed E-state index contributed by atoms with van der Waals surface area (Å²) in [6.45, 7) is 5.18. The van der Waals surface area contributed by atoms with E-state index in [0.717, 1.165) is 5.56 Å². The molecule has 0 bridgehead atoms. The third-order valence-corrected chi connectivity index (χ3v) is 4.30. The molecule has 1 N–H and O–H groups in total. The number of carbonyl (C=O) groups is 2. The Balaban J connectivity index is 2.28. The second kappa shape index (κ2) is 9.66. The molecule has 0 spiro atoms. The first kappa shape index (κ1) is 21.1. The SMILES string of the molecule is CCN(CC)C(=CC(=O)C(=O)Nc1cccc([N+](=O)[O-])c1)c1ccc(Cl)cc1. The Morgan fingerprint density at radius 3 is 2.36 bits per heavy atom. The summed E-state index contributed by atoms with van der Waals surface area (Å²) < 4.78 is 0. The average Bonchev–Trinajstić information content (AvgIpc) is 2.68. The minimum atomic E-state index is -0.876. The number of nitrogens with one attached hydrogen (secondary N) is 1.